The van der Waals surface area contributed by atoms with Crippen LogP contribution in [0.5, 0.6) is 5.75 Å². The van der Waals surface area contributed by atoms with E-state index in [-0.39, 0.29) is 11.8 Å². The van der Waals surface area contributed by atoms with Gasteiger partial charge in [0.05, 0.1) is 6.04 Å². The van der Waals surface area contributed by atoms with Crippen molar-refractivity contribution >= 4 is 16.7 Å². The van der Waals surface area contributed by atoms with Crippen LogP contribution in [0.1, 0.15) is 28.6 Å². The normalized spacial score (nSPS) is 12.1. The molecule has 0 bridgehead atoms. The highest BCUT2D eigenvalue weighted by Crippen LogP contribution is 2.36. The van der Waals surface area contributed by atoms with Gasteiger partial charge in [0.2, 0.25) is 0 Å². The molecular weight excluding hydrogens is 334 g/mol. The molecule has 0 saturated heterocycles. The minimum Gasteiger partial charge on any atom is -0.505 e. The van der Waals surface area contributed by atoms with E-state index < -0.39 is 0 Å². The third-order valence-corrected chi connectivity index (χ3v) is 4.63. The van der Waals surface area contributed by atoms with Gasteiger partial charge in [0.1, 0.15) is 17.1 Å². The first-order valence-electron chi connectivity index (χ1n) is 8.96. The fraction of sp³-hybridized carbons (Fsp3) is 0.130. The Balaban J connectivity index is 1.86. The van der Waals surface area contributed by atoms with Crippen LogP contribution in [-0.2, 0) is 0 Å². The van der Waals surface area contributed by atoms with Crippen LogP contribution in [0.2, 0.25) is 0 Å². The lowest BCUT2D eigenvalue weighted by Crippen LogP contribution is -2.14. The minimum atomic E-state index is -0.243. The third kappa shape index (κ3) is 3.47. The number of anilines is 1. The zero-order chi connectivity index (χ0) is 18.8. The molecule has 2 aromatic heterocycles. The number of hydrogen-bond donors (Lipinski definition) is 2. The summed E-state index contributed by atoms with van der Waals surface area (Å²) >= 11 is 0. The van der Waals surface area contributed by atoms with E-state index in [0.717, 1.165) is 33.7 Å². The molecule has 4 aromatic rings. The number of phenols is 1. The minimum absolute atomic E-state index is 0.199. The first kappa shape index (κ1) is 17.0. The van der Waals surface area contributed by atoms with Crippen molar-refractivity contribution in [3.8, 4) is 5.75 Å². The molecule has 2 N–H and O–H groups in total. The van der Waals surface area contributed by atoms with Gasteiger partial charge >= 0.3 is 0 Å². The van der Waals surface area contributed by atoms with Crippen LogP contribution in [0.4, 0.5) is 5.82 Å². The summed E-state index contributed by atoms with van der Waals surface area (Å²) in [5, 5.41) is 15.4. The monoisotopic (exact) mass is 355 g/mol. The highest BCUT2D eigenvalue weighted by atomic mass is 16.3. The average Bonchev–Trinajstić information content (AvgIpc) is 2.68. The molecule has 4 heteroatoms. The molecule has 1 atom stereocenters. The van der Waals surface area contributed by atoms with E-state index in [2.05, 4.69) is 15.3 Å². The Kier molecular flexibility index (Phi) is 4.47. The molecule has 2 aromatic carbocycles. The fourth-order valence-corrected chi connectivity index (χ4v) is 3.28. The molecule has 0 saturated carbocycles. The standard InChI is InChI=1S/C23H21N3O/c1-15-7-6-10-20(24-15)26-21(17-8-4-3-5-9-17)19-14-13-18-12-11-16(2)25-22(18)23(19)27/h3-14,21,27H,1-2H3,(H,24,26)/t21-/m1/s1. The van der Waals surface area contributed by atoms with Crippen molar-refractivity contribution in [3.05, 3.63) is 95.3 Å². The second-order valence-corrected chi connectivity index (χ2v) is 6.68. The van der Waals surface area contributed by atoms with Crippen molar-refractivity contribution in [1.82, 2.24) is 9.97 Å². The number of aromatic hydroxyl groups is 1. The molecule has 0 spiro atoms. The number of hydrogen-bond acceptors (Lipinski definition) is 4. The molecule has 0 aliphatic heterocycles. The van der Waals surface area contributed by atoms with Gasteiger partial charge in [-0.3, -0.25) is 0 Å². The van der Waals surface area contributed by atoms with Crippen molar-refractivity contribution < 1.29 is 5.11 Å². The van der Waals surface area contributed by atoms with Gasteiger partial charge in [-0.05, 0) is 37.6 Å². The smallest absolute Gasteiger partial charge is 0.147 e. The molecule has 4 nitrogen and oxygen atoms in total. The number of aryl methyl sites for hydroxylation is 2. The molecule has 0 aliphatic carbocycles. The summed E-state index contributed by atoms with van der Waals surface area (Å²) in [4.78, 5) is 9.10. The van der Waals surface area contributed by atoms with Crippen LogP contribution in [0.25, 0.3) is 10.9 Å². The molecule has 134 valence electrons. The Bertz CT molecular complexity index is 1090. The van der Waals surface area contributed by atoms with E-state index in [1.165, 1.54) is 0 Å². The first-order chi connectivity index (χ1) is 13.1. The summed E-state index contributed by atoms with van der Waals surface area (Å²) in [6.07, 6.45) is 0. The number of nitrogens with zero attached hydrogens (tertiary/aromatic N) is 2. The van der Waals surface area contributed by atoms with Crippen LogP contribution in [0.15, 0.2) is 72.8 Å². The Labute approximate surface area is 158 Å². The van der Waals surface area contributed by atoms with Gasteiger partial charge in [0.25, 0.3) is 0 Å². The van der Waals surface area contributed by atoms with Crippen molar-refractivity contribution in [2.75, 3.05) is 5.32 Å². The largest absolute Gasteiger partial charge is 0.505 e. The molecule has 4 rings (SSSR count). The van der Waals surface area contributed by atoms with Crippen LogP contribution >= 0.6 is 0 Å². The van der Waals surface area contributed by atoms with E-state index in [9.17, 15) is 5.11 Å². The van der Waals surface area contributed by atoms with Gasteiger partial charge in [-0.2, -0.15) is 0 Å². The lowest BCUT2D eigenvalue weighted by molar-refractivity contribution is 0.471. The van der Waals surface area contributed by atoms with Gasteiger partial charge < -0.3 is 10.4 Å². The first-order valence-corrected chi connectivity index (χ1v) is 8.96. The number of pyridine rings is 2. The van der Waals surface area contributed by atoms with Gasteiger partial charge in [-0.25, -0.2) is 9.97 Å². The van der Waals surface area contributed by atoms with E-state index in [0.29, 0.717) is 5.52 Å². The molecule has 0 fully saturated rings. The maximum atomic E-state index is 11.0. The third-order valence-electron chi connectivity index (χ3n) is 4.63. The van der Waals surface area contributed by atoms with E-state index in [4.69, 9.17) is 0 Å². The molecule has 0 aliphatic rings. The molecule has 0 unspecified atom stereocenters. The number of aromatic nitrogens is 2. The fourth-order valence-electron chi connectivity index (χ4n) is 3.28. The predicted molar refractivity (Wildman–Crippen MR) is 109 cm³/mol. The summed E-state index contributed by atoms with van der Waals surface area (Å²) in [6.45, 7) is 3.89. The van der Waals surface area contributed by atoms with Gasteiger partial charge in [-0.15, -0.1) is 0 Å². The van der Waals surface area contributed by atoms with Crippen molar-refractivity contribution in [2.45, 2.75) is 19.9 Å². The molecule has 0 amide bonds. The number of fused-ring (bicyclic) bond motifs is 1. The highest BCUT2D eigenvalue weighted by Gasteiger charge is 2.20. The van der Waals surface area contributed by atoms with Crippen LogP contribution < -0.4 is 5.32 Å². The SMILES string of the molecule is Cc1cccc(N[C@H](c2ccccc2)c2ccc3ccc(C)nc3c2O)n1. The topological polar surface area (TPSA) is 58.0 Å². The summed E-state index contributed by atoms with van der Waals surface area (Å²) < 4.78 is 0. The van der Waals surface area contributed by atoms with Crippen LogP contribution in [-0.4, -0.2) is 15.1 Å². The number of phenolic OH excluding ortho intramolecular Hbond substituents is 1. The predicted octanol–water partition coefficient (Wildman–Crippen LogP) is 5.15. The number of benzene rings is 2. The lowest BCUT2D eigenvalue weighted by atomic mass is 9.96. The van der Waals surface area contributed by atoms with Crippen molar-refractivity contribution in [2.24, 2.45) is 0 Å². The molecule has 0 radical (unpaired) electrons. The van der Waals surface area contributed by atoms with Gasteiger partial charge in [0, 0.05) is 22.3 Å². The van der Waals surface area contributed by atoms with E-state index in [1.54, 1.807) is 0 Å². The summed E-state index contributed by atoms with van der Waals surface area (Å²) in [5.74, 6) is 0.964. The Hall–Kier alpha value is -3.40. The van der Waals surface area contributed by atoms with Crippen LogP contribution in [0.3, 0.4) is 0 Å². The van der Waals surface area contributed by atoms with Gasteiger partial charge in [0.15, 0.2) is 0 Å². The van der Waals surface area contributed by atoms with Crippen molar-refractivity contribution in [1.29, 1.82) is 0 Å². The Morgan fingerprint density at radius 1 is 0.778 bits per heavy atom. The molecular formula is C23H21N3O. The Morgan fingerprint density at radius 3 is 2.30 bits per heavy atom. The zero-order valence-electron chi connectivity index (χ0n) is 15.3. The summed E-state index contributed by atoms with van der Waals surface area (Å²) in [5.41, 5.74) is 4.25. The summed E-state index contributed by atoms with van der Waals surface area (Å²) in [7, 11) is 0. The van der Waals surface area contributed by atoms with Gasteiger partial charge in [-0.1, -0.05) is 54.6 Å². The quantitative estimate of drug-likeness (QED) is 0.531. The lowest BCUT2D eigenvalue weighted by Gasteiger charge is -2.22. The second-order valence-electron chi connectivity index (χ2n) is 6.68. The maximum Gasteiger partial charge on any atom is 0.147 e. The highest BCUT2D eigenvalue weighted by molar-refractivity contribution is 5.86. The molecule has 27 heavy (non-hydrogen) atoms. The number of nitrogens with one attached hydrogen (secondary N) is 1. The molecule has 2 heterocycles. The average molecular weight is 355 g/mol. The summed E-state index contributed by atoms with van der Waals surface area (Å²) in [6, 6.07) is 23.6. The second kappa shape index (κ2) is 7.08. The maximum absolute atomic E-state index is 11.0. The number of rotatable bonds is 4. The van der Waals surface area contributed by atoms with Crippen molar-refractivity contribution in [3.63, 3.8) is 0 Å². The Morgan fingerprint density at radius 2 is 1.52 bits per heavy atom. The van der Waals surface area contributed by atoms with E-state index >= 15 is 0 Å². The zero-order valence-corrected chi connectivity index (χ0v) is 15.3. The van der Waals surface area contributed by atoms with E-state index in [1.807, 2.05) is 86.6 Å². The van der Waals surface area contributed by atoms with Crippen LogP contribution in [0, 0.1) is 13.8 Å².